The van der Waals surface area contributed by atoms with E-state index in [-0.39, 0.29) is 11.9 Å². The van der Waals surface area contributed by atoms with E-state index in [0.29, 0.717) is 23.0 Å². The van der Waals surface area contributed by atoms with Crippen molar-refractivity contribution in [2.75, 3.05) is 0 Å². The molecule has 0 unspecified atom stereocenters. The molecule has 3 rings (SSSR count). The first kappa shape index (κ1) is 20.2. The summed E-state index contributed by atoms with van der Waals surface area (Å²) < 4.78 is 2.21. The third-order valence-electron chi connectivity index (χ3n) is 5.26. The van der Waals surface area contributed by atoms with Crippen LogP contribution in [0.4, 0.5) is 0 Å². The fraction of sp³-hybridized carbons (Fsp3) is 0.292. The number of hydrogen-bond acceptors (Lipinski definition) is 1. The minimum atomic E-state index is 0.0327. The Morgan fingerprint density at radius 3 is 2.29 bits per heavy atom. The first-order chi connectivity index (χ1) is 13.5. The molecule has 0 fully saturated rings. The van der Waals surface area contributed by atoms with E-state index in [1.54, 1.807) is 24.3 Å². The molecule has 2 aromatic carbocycles. The molecule has 1 amide bonds. The fourth-order valence-corrected chi connectivity index (χ4v) is 3.35. The molecule has 0 saturated heterocycles. The lowest BCUT2D eigenvalue weighted by molar-refractivity contribution is 0.0623. The Bertz CT molecular complexity index is 900. The maximum atomic E-state index is 13.3. The lowest BCUT2D eigenvalue weighted by Gasteiger charge is -2.32. The van der Waals surface area contributed by atoms with Crippen LogP contribution in [0.25, 0.3) is 0 Å². The van der Waals surface area contributed by atoms with Crippen LogP contribution >= 0.6 is 11.6 Å². The van der Waals surface area contributed by atoms with Gasteiger partial charge in [-0.3, -0.25) is 4.79 Å². The van der Waals surface area contributed by atoms with E-state index in [0.717, 1.165) is 12.2 Å². The zero-order valence-electron chi connectivity index (χ0n) is 16.7. The lowest BCUT2D eigenvalue weighted by atomic mass is 10.0. The average molecular weight is 395 g/mol. The number of rotatable bonds is 7. The second-order valence-electron chi connectivity index (χ2n) is 7.54. The minimum absolute atomic E-state index is 0.0327. The Balaban J connectivity index is 1.85. The smallest absolute Gasteiger partial charge is 0.254 e. The second kappa shape index (κ2) is 9.11. The second-order valence-corrected chi connectivity index (χ2v) is 7.97. The highest BCUT2D eigenvalue weighted by Gasteiger charge is 2.25. The number of benzene rings is 2. The van der Waals surface area contributed by atoms with Crippen molar-refractivity contribution in [1.82, 2.24) is 9.47 Å². The van der Waals surface area contributed by atoms with Crippen LogP contribution in [0, 0.1) is 5.92 Å². The maximum absolute atomic E-state index is 13.3. The first-order valence-corrected chi connectivity index (χ1v) is 10.1. The van der Waals surface area contributed by atoms with Gasteiger partial charge >= 0.3 is 0 Å². The van der Waals surface area contributed by atoms with E-state index in [9.17, 15) is 4.79 Å². The molecule has 0 aliphatic rings. The molecule has 0 radical (unpaired) electrons. The molecule has 0 N–H and O–H groups in total. The summed E-state index contributed by atoms with van der Waals surface area (Å²) in [4.78, 5) is 15.2. The molecule has 0 saturated carbocycles. The largest absolute Gasteiger partial charge is 0.345 e. The molecule has 3 aromatic rings. The summed E-state index contributed by atoms with van der Waals surface area (Å²) in [6.07, 6.45) is 2.08. The summed E-state index contributed by atoms with van der Waals surface area (Å²) in [5.41, 5.74) is 3.03. The summed E-state index contributed by atoms with van der Waals surface area (Å²) in [6.45, 7) is 7.78. The van der Waals surface area contributed by atoms with Crippen molar-refractivity contribution in [2.24, 2.45) is 5.92 Å². The predicted octanol–water partition coefficient (Wildman–Crippen LogP) is 5.88. The third kappa shape index (κ3) is 4.85. The van der Waals surface area contributed by atoms with Gasteiger partial charge in [-0.2, -0.15) is 0 Å². The van der Waals surface area contributed by atoms with E-state index in [1.165, 1.54) is 5.56 Å². The standard InChI is InChI=1S/C24H27ClN2O/c1-18(2)19(3)27(24(28)21-11-13-22(25)14-12-21)17-23-10-7-15-26(23)16-20-8-5-4-6-9-20/h4-15,18-19H,16-17H2,1-3H3/t19-/m1/s1. The van der Waals surface area contributed by atoms with Gasteiger partial charge in [0.2, 0.25) is 0 Å². The monoisotopic (exact) mass is 394 g/mol. The molecule has 146 valence electrons. The summed E-state index contributed by atoms with van der Waals surface area (Å²) in [7, 11) is 0. The summed E-state index contributed by atoms with van der Waals surface area (Å²) in [5, 5.41) is 0.636. The SMILES string of the molecule is CC(C)[C@@H](C)N(Cc1cccn1Cc1ccccc1)C(=O)c1ccc(Cl)cc1. The van der Waals surface area contributed by atoms with Crippen LogP contribution in [0.5, 0.6) is 0 Å². The van der Waals surface area contributed by atoms with Crippen molar-refractivity contribution in [2.45, 2.75) is 39.9 Å². The van der Waals surface area contributed by atoms with Crippen LogP contribution in [0.15, 0.2) is 72.9 Å². The number of aromatic nitrogens is 1. The highest BCUT2D eigenvalue weighted by molar-refractivity contribution is 6.30. The van der Waals surface area contributed by atoms with Crippen LogP contribution in [-0.4, -0.2) is 21.4 Å². The normalized spacial score (nSPS) is 12.2. The van der Waals surface area contributed by atoms with Gasteiger partial charge in [0.25, 0.3) is 5.91 Å². The van der Waals surface area contributed by atoms with Crippen molar-refractivity contribution in [3.8, 4) is 0 Å². The Morgan fingerprint density at radius 1 is 0.964 bits per heavy atom. The molecular weight excluding hydrogens is 368 g/mol. The van der Waals surface area contributed by atoms with E-state index < -0.39 is 0 Å². The fourth-order valence-electron chi connectivity index (χ4n) is 3.22. The molecular formula is C24H27ClN2O. The molecule has 1 atom stereocenters. The van der Waals surface area contributed by atoms with Crippen LogP contribution in [0.3, 0.4) is 0 Å². The molecule has 0 aliphatic carbocycles. The maximum Gasteiger partial charge on any atom is 0.254 e. The van der Waals surface area contributed by atoms with Crippen molar-refractivity contribution < 1.29 is 4.79 Å². The first-order valence-electron chi connectivity index (χ1n) is 9.70. The molecule has 28 heavy (non-hydrogen) atoms. The van der Waals surface area contributed by atoms with Gasteiger partial charge in [0.05, 0.1) is 6.54 Å². The van der Waals surface area contributed by atoms with Gasteiger partial charge in [0.15, 0.2) is 0 Å². The highest BCUT2D eigenvalue weighted by atomic mass is 35.5. The van der Waals surface area contributed by atoms with Gasteiger partial charge in [-0.05, 0) is 54.8 Å². The summed E-state index contributed by atoms with van der Waals surface area (Å²) >= 11 is 5.99. The lowest BCUT2D eigenvalue weighted by Crippen LogP contribution is -2.41. The van der Waals surface area contributed by atoms with Crippen molar-refractivity contribution >= 4 is 17.5 Å². The van der Waals surface area contributed by atoms with E-state index in [1.807, 2.05) is 17.0 Å². The number of nitrogens with zero attached hydrogens (tertiary/aromatic N) is 2. The van der Waals surface area contributed by atoms with Gasteiger partial charge in [0.1, 0.15) is 0 Å². The summed E-state index contributed by atoms with van der Waals surface area (Å²) in [6, 6.07) is 21.8. The Labute approximate surface area is 172 Å². The molecule has 0 spiro atoms. The molecule has 3 nitrogen and oxygen atoms in total. The van der Waals surface area contributed by atoms with Crippen molar-refractivity contribution in [3.05, 3.63) is 94.8 Å². The number of amides is 1. The Morgan fingerprint density at radius 2 is 1.64 bits per heavy atom. The summed E-state index contributed by atoms with van der Waals surface area (Å²) in [5.74, 6) is 0.388. The van der Waals surface area contributed by atoms with Crippen LogP contribution in [-0.2, 0) is 13.1 Å². The number of carbonyl (C=O) groups excluding carboxylic acids is 1. The number of halogens is 1. The van der Waals surface area contributed by atoms with Crippen molar-refractivity contribution in [3.63, 3.8) is 0 Å². The minimum Gasteiger partial charge on any atom is -0.345 e. The van der Waals surface area contributed by atoms with E-state index >= 15 is 0 Å². The quantitative estimate of drug-likeness (QED) is 0.491. The van der Waals surface area contributed by atoms with Crippen LogP contribution in [0.2, 0.25) is 5.02 Å². The Kier molecular flexibility index (Phi) is 6.58. The Hall–Kier alpha value is -2.52. The van der Waals surface area contributed by atoms with Crippen molar-refractivity contribution in [1.29, 1.82) is 0 Å². The number of hydrogen-bond donors (Lipinski definition) is 0. The molecule has 1 heterocycles. The molecule has 0 aliphatic heterocycles. The predicted molar refractivity (Wildman–Crippen MR) is 116 cm³/mol. The zero-order valence-corrected chi connectivity index (χ0v) is 17.4. The topological polar surface area (TPSA) is 25.2 Å². The van der Waals surface area contributed by atoms with Gasteiger partial charge < -0.3 is 9.47 Å². The van der Waals surface area contributed by atoms with E-state index in [2.05, 4.69) is 61.9 Å². The van der Waals surface area contributed by atoms with E-state index in [4.69, 9.17) is 11.6 Å². The third-order valence-corrected chi connectivity index (χ3v) is 5.51. The zero-order chi connectivity index (χ0) is 20.1. The van der Waals surface area contributed by atoms with Gasteiger partial charge in [0, 0.05) is 35.1 Å². The molecule has 4 heteroatoms. The highest BCUT2D eigenvalue weighted by Crippen LogP contribution is 2.20. The molecule has 1 aromatic heterocycles. The van der Waals surface area contributed by atoms with Gasteiger partial charge in [-0.15, -0.1) is 0 Å². The van der Waals surface area contributed by atoms with Gasteiger partial charge in [-0.25, -0.2) is 0 Å². The van der Waals surface area contributed by atoms with Crippen LogP contribution in [0.1, 0.15) is 42.4 Å². The van der Waals surface area contributed by atoms with Crippen LogP contribution < -0.4 is 0 Å². The molecule has 0 bridgehead atoms. The van der Waals surface area contributed by atoms with Gasteiger partial charge in [-0.1, -0.05) is 55.8 Å². The number of carbonyl (C=O) groups is 1. The average Bonchev–Trinajstić information content (AvgIpc) is 3.13.